The lowest BCUT2D eigenvalue weighted by Crippen LogP contribution is -1.96. The third-order valence-corrected chi connectivity index (χ3v) is 7.27. The largest absolute Gasteiger partial charge is 0.477 e. The van der Waals surface area contributed by atoms with E-state index in [1.807, 2.05) is 26.0 Å². The number of carbonyl (C=O) groups is 3. The molecular weight excluding hydrogens is 512 g/mol. The molecule has 0 aliphatic rings. The van der Waals surface area contributed by atoms with Crippen LogP contribution in [0.25, 0.3) is 0 Å². The highest BCUT2D eigenvalue weighted by atomic mass is 79.9. The van der Waals surface area contributed by atoms with Crippen LogP contribution in [-0.4, -0.2) is 37.2 Å². The van der Waals surface area contributed by atoms with Gasteiger partial charge in [0.25, 0.3) is 0 Å². The van der Waals surface area contributed by atoms with Gasteiger partial charge in [0.15, 0.2) is 0 Å². The Morgan fingerprint density at radius 2 is 1.23 bits per heavy atom. The second-order valence-corrected chi connectivity index (χ2v) is 9.81. The van der Waals surface area contributed by atoms with E-state index in [9.17, 15) is 14.4 Å². The Kier molecular flexibility index (Phi) is 11.6. The molecule has 0 amide bonds. The number of carboxylic acid groups (broad SMARTS) is 1. The van der Waals surface area contributed by atoms with E-state index in [0.717, 1.165) is 20.0 Å². The van der Waals surface area contributed by atoms with Crippen LogP contribution in [0.2, 0.25) is 0 Å². The lowest BCUT2D eigenvalue weighted by molar-refractivity contribution is 0.0597. The van der Waals surface area contributed by atoms with Gasteiger partial charge < -0.3 is 14.6 Å². The number of aromatic carboxylic acids is 1. The smallest absolute Gasteiger partial charge is 0.348 e. The third kappa shape index (κ3) is 8.78. The molecule has 0 spiro atoms. The Morgan fingerprint density at radius 3 is 1.53 bits per heavy atom. The highest BCUT2D eigenvalue weighted by Gasteiger charge is 2.07. The Morgan fingerprint density at radius 1 is 0.800 bits per heavy atom. The Balaban J connectivity index is 0.000000226. The summed E-state index contributed by atoms with van der Waals surface area (Å²) >= 11 is 7.49. The Labute approximate surface area is 195 Å². The summed E-state index contributed by atoms with van der Waals surface area (Å²) in [5, 5.41) is 9.19. The van der Waals surface area contributed by atoms with Crippen molar-refractivity contribution in [1.29, 1.82) is 0 Å². The van der Waals surface area contributed by atoms with Gasteiger partial charge in [-0.1, -0.05) is 15.9 Å². The first-order chi connectivity index (χ1) is 14.2. The number of carboxylic acids is 1. The van der Waals surface area contributed by atoms with Gasteiger partial charge in [-0.3, -0.25) is 0 Å². The van der Waals surface area contributed by atoms with Gasteiger partial charge in [-0.05, 0) is 50.2 Å². The van der Waals surface area contributed by atoms with Gasteiger partial charge in [-0.15, -0.1) is 34.0 Å². The second-order valence-electron chi connectivity index (χ2n) is 5.51. The molecule has 3 rings (SSSR count). The fraction of sp³-hybridized carbons (Fsp3) is 0.250. The molecule has 3 heterocycles. The molecule has 0 bridgehead atoms. The molecule has 3 aromatic rings. The van der Waals surface area contributed by atoms with E-state index in [4.69, 9.17) is 5.11 Å². The van der Waals surface area contributed by atoms with Crippen LogP contribution in [0.15, 0.2) is 36.4 Å². The molecule has 0 fully saturated rings. The highest BCUT2D eigenvalue weighted by molar-refractivity contribution is 9.08. The predicted octanol–water partition coefficient (Wildman–Crippen LogP) is 6.03. The summed E-state index contributed by atoms with van der Waals surface area (Å²) in [4.78, 5) is 37.0. The summed E-state index contributed by atoms with van der Waals surface area (Å²) in [6, 6.07) is 10.8. The van der Waals surface area contributed by atoms with Crippen molar-refractivity contribution in [1.82, 2.24) is 0 Å². The van der Waals surface area contributed by atoms with Crippen molar-refractivity contribution < 1.29 is 29.0 Å². The lowest BCUT2D eigenvalue weighted by Gasteiger charge is -1.91. The molecule has 3 aromatic heterocycles. The van der Waals surface area contributed by atoms with Crippen molar-refractivity contribution in [2.75, 3.05) is 14.2 Å². The predicted molar refractivity (Wildman–Crippen MR) is 125 cm³/mol. The number of thiophene rings is 3. The highest BCUT2D eigenvalue weighted by Crippen LogP contribution is 2.19. The van der Waals surface area contributed by atoms with E-state index in [1.54, 1.807) is 24.3 Å². The summed E-state index contributed by atoms with van der Waals surface area (Å²) in [6.45, 7) is 3.84. The van der Waals surface area contributed by atoms with Crippen LogP contribution in [0, 0.1) is 13.8 Å². The minimum Gasteiger partial charge on any atom is -0.477 e. The van der Waals surface area contributed by atoms with E-state index < -0.39 is 5.97 Å². The molecule has 0 unspecified atom stereocenters. The maximum absolute atomic E-state index is 10.9. The third-order valence-electron chi connectivity index (χ3n) is 3.26. The fourth-order valence-electron chi connectivity index (χ4n) is 1.85. The fourth-order valence-corrected chi connectivity index (χ4v) is 4.65. The van der Waals surface area contributed by atoms with Crippen LogP contribution in [0.1, 0.15) is 43.6 Å². The monoisotopic (exact) mass is 532 g/mol. The number of carbonyl (C=O) groups excluding carboxylic acids is 2. The topological polar surface area (TPSA) is 89.9 Å². The normalized spacial score (nSPS) is 9.50. The van der Waals surface area contributed by atoms with E-state index >= 15 is 0 Å². The number of aryl methyl sites for hydroxylation is 2. The zero-order chi connectivity index (χ0) is 22.7. The van der Waals surface area contributed by atoms with Crippen molar-refractivity contribution in [2.24, 2.45) is 0 Å². The summed E-state index contributed by atoms with van der Waals surface area (Å²) in [6.07, 6.45) is 0. The molecule has 0 aliphatic carbocycles. The van der Waals surface area contributed by atoms with Gasteiger partial charge in [0.05, 0.1) is 14.2 Å². The van der Waals surface area contributed by atoms with Gasteiger partial charge in [-0.2, -0.15) is 0 Å². The number of methoxy groups -OCH3 is 2. The minimum atomic E-state index is -0.840. The van der Waals surface area contributed by atoms with Crippen molar-refractivity contribution in [3.05, 3.63) is 65.7 Å². The van der Waals surface area contributed by atoms with Crippen molar-refractivity contribution in [3.8, 4) is 0 Å². The summed E-state index contributed by atoms with van der Waals surface area (Å²) in [5.74, 6) is -1.35. The Bertz CT molecular complexity index is 973. The number of rotatable bonds is 4. The lowest BCUT2D eigenvalue weighted by atomic mass is 10.4. The summed E-state index contributed by atoms with van der Waals surface area (Å²) < 4.78 is 9.07. The van der Waals surface area contributed by atoms with Gasteiger partial charge in [0.1, 0.15) is 14.6 Å². The minimum absolute atomic E-state index is 0.252. The van der Waals surface area contributed by atoms with Crippen LogP contribution in [0.3, 0.4) is 0 Å². The number of esters is 2. The van der Waals surface area contributed by atoms with E-state index in [1.165, 1.54) is 48.2 Å². The second kappa shape index (κ2) is 13.3. The SMILES string of the molecule is COC(=O)c1ccc(C)s1.COC(=O)c1ccc(CBr)s1.Cc1ccc(C(=O)O)s1. The van der Waals surface area contributed by atoms with Gasteiger partial charge in [0.2, 0.25) is 0 Å². The molecule has 10 heteroatoms. The Hall–Kier alpha value is -2.01. The zero-order valence-electron chi connectivity index (χ0n) is 16.8. The van der Waals surface area contributed by atoms with Crippen molar-refractivity contribution >= 4 is 67.8 Å². The molecule has 0 saturated heterocycles. The maximum atomic E-state index is 10.9. The van der Waals surface area contributed by atoms with Crippen LogP contribution in [0.4, 0.5) is 0 Å². The number of ether oxygens (including phenoxy) is 2. The number of hydrogen-bond donors (Lipinski definition) is 1. The summed E-state index contributed by atoms with van der Waals surface area (Å²) in [5.41, 5.74) is 0. The number of halogens is 1. The molecule has 6 nitrogen and oxygen atoms in total. The maximum Gasteiger partial charge on any atom is 0.348 e. The van der Waals surface area contributed by atoms with Crippen LogP contribution in [-0.2, 0) is 14.8 Å². The van der Waals surface area contributed by atoms with Crippen LogP contribution in [0.5, 0.6) is 0 Å². The van der Waals surface area contributed by atoms with E-state index in [2.05, 4.69) is 25.4 Å². The molecule has 0 aliphatic heterocycles. The van der Waals surface area contributed by atoms with Gasteiger partial charge in [0, 0.05) is 20.0 Å². The first-order valence-electron chi connectivity index (χ1n) is 8.39. The van der Waals surface area contributed by atoms with E-state index in [-0.39, 0.29) is 11.9 Å². The molecule has 0 saturated carbocycles. The molecule has 0 atom stereocenters. The standard InChI is InChI=1S/C7H7BrO2S.C7H8O2S.C6H6O2S/c1-10-7(9)6-3-2-5(4-8)11-6;1-5-3-4-6(10-5)7(8)9-2;1-4-2-3-5(9-4)6(7)8/h2-3H,4H2,1H3;3-4H,1-2H3;2-3H,1H3,(H,7,8). The molecule has 0 aromatic carbocycles. The first kappa shape index (κ1) is 26.0. The van der Waals surface area contributed by atoms with E-state index in [0.29, 0.717) is 14.6 Å². The van der Waals surface area contributed by atoms with Crippen LogP contribution >= 0.6 is 49.9 Å². The zero-order valence-corrected chi connectivity index (χ0v) is 20.8. The quantitative estimate of drug-likeness (QED) is 0.326. The molecule has 30 heavy (non-hydrogen) atoms. The summed E-state index contributed by atoms with van der Waals surface area (Å²) in [7, 11) is 2.77. The average Bonchev–Trinajstić information content (AvgIpc) is 3.48. The van der Waals surface area contributed by atoms with Crippen molar-refractivity contribution in [2.45, 2.75) is 19.2 Å². The van der Waals surface area contributed by atoms with Crippen LogP contribution < -0.4 is 0 Å². The number of hydrogen-bond acceptors (Lipinski definition) is 8. The molecule has 1 N–H and O–H groups in total. The molecular formula is C20H21BrO6S3. The first-order valence-corrected chi connectivity index (χ1v) is 12.0. The van der Waals surface area contributed by atoms with Gasteiger partial charge in [-0.25, -0.2) is 14.4 Å². The number of alkyl halides is 1. The van der Waals surface area contributed by atoms with Crippen molar-refractivity contribution in [3.63, 3.8) is 0 Å². The van der Waals surface area contributed by atoms with Gasteiger partial charge >= 0.3 is 17.9 Å². The molecule has 162 valence electrons. The molecule has 0 radical (unpaired) electrons. The average molecular weight is 533 g/mol.